The van der Waals surface area contributed by atoms with Gasteiger partial charge in [0, 0.05) is 10.7 Å². The number of carbonyl (C=O) groups is 1. The van der Waals surface area contributed by atoms with E-state index in [9.17, 15) is 10.1 Å². The zero-order valence-electron chi connectivity index (χ0n) is 16.4. The van der Waals surface area contributed by atoms with Gasteiger partial charge in [0.1, 0.15) is 11.6 Å². The lowest BCUT2D eigenvalue weighted by Gasteiger charge is -2.09. The second-order valence-electron chi connectivity index (χ2n) is 6.95. The molecule has 29 heavy (non-hydrogen) atoms. The molecule has 3 rings (SSSR count). The normalized spacial score (nSPS) is 11.0. The molecule has 3 aromatic rings. The number of nitrogens with zero attached hydrogens (tertiary/aromatic N) is 1. The standard InChI is InChI=1S/C25H21ClN2O/c1-17-7-12-24(18(2)13-17)28-25(29)22(16-27)15-20-10-8-19(9-11-20)14-21-5-3-4-6-23(21)26/h3-13,15H,14H2,1-2H3,(H,28,29)/b22-15+. The van der Waals surface area contributed by atoms with Crippen LogP contribution in [0.25, 0.3) is 6.08 Å². The van der Waals surface area contributed by atoms with E-state index in [-0.39, 0.29) is 5.57 Å². The summed E-state index contributed by atoms with van der Waals surface area (Å²) in [6, 6.07) is 23.3. The maximum absolute atomic E-state index is 12.5. The first-order valence-electron chi connectivity index (χ1n) is 9.29. The molecule has 0 heterocycles. The van der Waals surface area contributed by atoms with Gasteiger partial charge in [-0.1, -0.05) is 71.8 Å². The summed E-state index contributed by atoms with van der Waals surface area (Å²) in [5.74, 6) is -0.417. The summed E-state index contributed by atoms with van der Waals surface area (Å²) in [7, 11) is 0. The Bertz CT molecular complexity index is 1110. The summed E-state index contributed by atoms with van der Waals surface area (Å²) in [4.78, 5) is 12.5. The minimum Gasteiger partial charge on any atom is -0.321 e. The summed E-state index contributed by atoms with van der Waals surface area (Å²) in [5, 5.41) is 13.0. The van der Waals surface area contributed by atoms with Gasteiger partial charge in [-0.15, -0.1) is 0 Å². The van der Waals surface area contributed by atoms with Crippen LogP contribution < -0.4 is 5.32 Å². The highest BCUT2D eigenvalue weighted by atomic mass is 35.5. The van der Waals surface area contributed by atoms with Crippen LogP contribution in [-0.2, 0) is 11.2 Å². The van der Waals surface area contributed by atoms with Crippen molar-refractivity contribution in [3.05, 3.63) is 105 Å². The van der Waals surface area contributed by atoms with Gasteiger partial charge in [0.2, 0.25) is 0 Å². The Morgan fingerprint density at radius 2 is 1.79 bits per heavy atom. The molecule has 144 valence electrons. The van der Waals surface area contributed by atoms with Crippen LogP contribution in [0.5, 0.6) is 0 Å². The third-order valence-electron chi connectivity index (χ3n) is 4.64. The van der Waals surface area contributed by atoms with E-state index in [1.54, 1.807) is 6.08 Å². The smallest absolute Gasteiger partial charge is 0.266 e. The number of benzene rings is 3. The third kappa shape index (κ3) is 5.34. The van der Waals surface area contributed by atoms with Crippen LogP contribution in [0, 0.1) is 25.2 Å². The predicted octanol–water partition coefficient (Wildman–Crippen LogP) is 6.09. The minimum absolute atomic E-state index is 0.0591. The van der Waals surface area contributed by atoms with Gasteiger partial charge < -0.3 is 5.32 Å². The molecule has 0 unspecified atom stereocenters. The zero-order valence-corrected chi connectivity index (χ0v) is 17.1. The average molecular weight is 401 g/mol. The van der Waals surface area contributed by atoms with E-state index < -0.39 is 5.91 Å². The molecule has 0 bridgehead atoms. The summed E-state index contributed by atoms with van der Waals surface area (Å²) in [6.07, 6.45) is 2.32. The maximum Gasteiger partial charge on any atom is 0.266 e. The molecular formula is C25H21ClN2O. The van der Waals surface area contributed by atoms with Gasteiger partial charge in [-0.05, 0) is 60.7 Å². The van der Waals surface area contributed by atoms with Gasteiger partial charge in [-0.2, -0.15) is 5.26 Å². The van der Waals surface area contributed by atoms with E-state index >= 15 is 0 Å². The lowest BCUT2D eigenvalue weighted by molar-refractivity contribution is -0.112. The molecular weight excluding hydrogens is 380 g/mol. The van der Waals surface area contributed by atoms with Crippen molar-refractivity contribution in [2.24, 2.45) is 0 Å². The van der Waals surface area contributed by atoms with Gasteiger partial charge in [0.05, 0.1) is 0 Å². The van der Waals surface area contributed by atoms with Crippen molar-refractivity contribution in [2.45, 2.75) is 20.3 Å². The first-order valence-corrected chi connectivity index (χ1v) is 9.67. The van der Waals surface area contributed by atoms with Crippen LogP contribution in [0.3, 0.4) is 0 Å². The summed E-state index contributed by atoms with van der Waals surface area (Å²) >= 11 is 6.22. The predicted molar refractivity (Wildman–Crippen MR) is 119 cm³/mol. The van der Waals surface area contributed by atoms with E-state index in [0.717, 1.165) is 39.3 Å². The number of hydrogen-bond donors (Lipinski definition) is 1. The molecule has 4 heteroatoms. The fraction of sp³-hybridized carbons (Fsp3) is 0.120. The second kappa shape index (κ2) is 9.23. The third-order valence-corrected chi connectivity index (χ3v) is 5.01. The van der Waals surface area contributed by atoms with Crippen molar-refractivity contribution in [3.63, 3.8) is 0 Å². The molecule has 0 radical (unpaired) electrons. The molecule has 0 atom stereocenters. The van der Waals surface area contributed by atoms with Crippen LogP contribution >= 0.6 is 11.6 Å². The van der Waals surface area contributed by atoms with Gasteiger partial charge in [-0.25, -0.2) is 0 Å². The molecule has 3 nitrogen and oxygen atoms in total. The van der Waals surface area contributed by atoms with Gasteiger partial charge >= 0.3 is 0 Å². The topological polar surface area (TPSA) is 52.9 Å². The quantitative estimate of drug-likeness (QED) is 0.416. The number of hydrogen-bond acceptors (Lipinski definition) is 2. The van der Waals surface area contributed by atoms with Crippen LogP contribution in [0.4, 0.5) is 5.69 Å². The van der Waals surface area contributed by atoms with Gasteiger partial charge in [0.15, 0.2) is 0 Å². The monoisotopic (exact) mass is 400 g/mol. The molecule has 0 aliphatic heterocycles. The van der Waals surface area contributed by atoms with Crippen molar-refractivity contribution in [2.75, 3.05) is 5.32 Å². The number of aryl methyl sites for hydroxylation is 2. The fourth-order valence-electron chi connectivity index (χ4n) is 3.05. The number of amides is 1. The van der Waals surface area contributed by atoms with Crippen LogP contribution in [0.2, 0.25) is 5.02 Å². The van der Waals surface area contributed by atoms with E-state index in [1.165, 1.54) is 0 Å². The number of carbonyl (C=O) groups excluding carboxylic acids is 1. The first kappa shape index (κ1) is 20.4. The van der Waals surface area contributed by atoms with Gasteiger partial charge in [0.25, 0.3) is 5.91 Å². The molecule has 1 amide bonds. The van der Waals surface area contributed by atoms with E-state index in [1.807, 2.05) is 86.6 Å². The fourth-order valence-corrected chi connectivity index (χ4v) is 3.25. The molecule has 0 spiro atoms. The second-order valence-corrected chi connectivity index (χ2v) is 7.36. The number of nitrogens with one attached hydrogen (secondary N) is 1. The van der Waals surface area contributed by atoms with Crippen LogP contribution in [0.15, 0.2) is 72.3 Å². The highest BCUT2D eigenvalue weighted by Gasteiger charge is 2.11. The van der Waals surface area contributed by atoms with Crippen molar-refractivity contribution in [3.8, 4) is 6.07 Å². The maximum atomic E-state index is 12.5. The Labute approximate surface area is 176 Å². The lowest BCUT2D eigenvalue weighted by Crippen LogP contribution is -2.14. The van der Waals surface area contributed by atoms with Crippen LogP contribution in [-0.4, -0.2) is 5.91 Å². The van der Waals surface area contributed by atoms with E-state index in [0.29, 0.717) is 5.69 Å². The summed E-state index contributed by atoms with van der Waals surface area (Å²) < 4.78 is 0. The highest BCUT2D eigenvalue weighted by Crippen LogP contribution is 2.20. The highest BCUT2D eigenvalue weighted by molar-refractivity contribution is 6.31. The molecule has 0 aliphatic carbocycles. The zero-order chi connectivity index (χ0) is 20.8. The molecule has 0 aromatic heterocycles. The van der Waals surface area contributed by atoms with Crippen molar-refractivity contribution in [1.82, 2.24) is 0 Å². The largest absolute Gasteiger partial charge is 0.321 e. The molecule has 0 fully saturated rings. The Morgan fingerprint density at radius 3 is 2.45 bits per heavy atom. The van der Waals surface area contributed by atoms with Crippen molar-refractivity contribution >= 4 is 29.3 Å². The number of nitriles is 1. The lowest BCUT2D eigenvalue weighted by atomic mass is 10.0. The summed E-state index contributed by atoms with van der Waals surface area (Å²) in [5.41, 5.74) is 5.80. The summed E-state index contributed by atoms with van der Waals surface area (Å²) in [6.45, 7) is 3.92. The molecule has 0 aliphatic rings. The van der Waals surface area contributed by atoms with E-state index in [2.05, 4.69) is 5.32 Å². The first-order chi connectivity index (χ1) is 14.0. The molecule has 1 N–H and O–H groups in total. The molecule has 0 saturated heterocycles. The molecule has 3 aromatic carbocycles. The Kier molecular flexibility index (Phi) is 6.49. The number of anilines is 1. The SMILES string of the molecule is Cc1ccc(NC(=O)/C(C#N)=C/c2ccc(Cc3ccccc3Cl)cc2)c(C)c1. The van der Waals surface area contributed by atoms with Crippen molar-refractivity contribution in [1.29, 1.82) is 5.26 Å². The molecule has 0 saturated carbocycles. The Balaban J connectivity index is 1.74. The van der Waals surface area contributed by atoms with Gasteiger partial charge in [-0.3, -0.25) is 4.79 Å². The van der Waals surface area contributed by atoms with E-state index in [4.69, 9.17) is 11.6 Å². The average Bonchev–Trinajstić information content (AvgIpc) is 2.71. The number of halogens is 1. The van der Waals surface area contributed by atoms with Crippen molar-refractivity contribution < 1.29 is 4.79 Å². The Hall–Kier alpha value is -3.35. The number of rotatable bonds is 5. The van der Waals surface area contributed by atoms with Crippen LogP contribution in [0.1, 0.15) is 27.8 Å². The minimum atomic E-state index is -0.417. The Morgan fingerprint density at radius 1 is 1.07 bits per heavy atom.